The molecule has 1 aromatic carbocycles. The third-order valence-corrected chi connectivity index (χ3v) is 5.70. The first-order chi connectivity index (χ1) is 13.7. The van der Waals surface area contributed by atoms with Gasteiger partial charge in [0.05, 0.1) is 11.3 Å². The lowest BCUT2D eigenvalue weighted by atomic mass is 10.1. The topological polar surface area (TPSA) is 80.5 Å². The minimum atomic E-state index is -0.320. The molecule has 138 valence electrons. The number of benzene rings is 1. The molecule has 8 heteroatoms. The van der Waals surface area contributed by atoms with Crippen LogP contribution in [0.15, 0.2) is 53.6 Å². The smallest absolute Gasteiger partial charge is 0.291 e. The van der Waals surface area contributed by atoms with Gasteiger partial charge in [0.1, 0.15) is 4.53 Å². The molecule has 0 saturated carbocycles. The van der Waals surface area contributed by atoms with E-state index in [-0.39, 0.29) is 11.5 Å². The largest absolute Gasteiger partial charge is 0.308 e. The molecule has 0 fully saturated rings. The van der Waals surface area contributed by atoms with Crippen LogP contribution < -0.4 is 15.0 Å². The highest BCUT2D eigenvalue weighted by molar-refractivity contribution is 7.15. The Kier molecular flexibility index (Phi) is 3.80. The van der Waals surface area contributed by atoms with Crippen molar-refractivity contribution in [1.29, 1.82) is 0 Å². The predicted molar refractivity (Wildman–Crippen MR) is 107 cm³/mol. The lowest BCUT2D eigenvalue weighted by Gasteiger charge is -2.15. The number of nitrogens with zero attached hydrogens (tertiary/aromatic N) is 5. The number of hydrogen-bond acceptors (Lipinski definition) is 6. The maximum atomic E-state index is 13.1. The monoisotopic (exact) mass is 389 g/mol. The summed E-state index contributed by atoms with van der Waals surface area (Å²) in [5.74, 6) is 0.302. The van der Waals surface area contributed by atoms with Crippen molar-refractivity contribution < 1.29 is 4.79 Å². The van der Waals surface area contributed by atoms with Crippen molar-refractivity contribution >= 4 is 33.5 Å². The van der Waals surface area contributed by atoms with Crippen molar-refractivity contribution in [3.8, 4) is 11.4 Å². The van der Waals surface area contributed by atoms with E-state index in [9.17, 15) is 9.59 Å². The number of anilines is 1. The van der Waals surface area contributed by atoms with Crippen molar-refractivity contribution in [3.63, 3.8) is 0 Å². The van der Waals surface area contributed by atoms with Gasteiger partial charge in [0.2, 0.25) is 4.96 Å². The molecular formula is C20H15N5O2S. The average Bonchev–Trinajstić information content (AvgIpc) is 3.35. The molecule has 4 aromatic rings. The number of carbonyl (C=O) groups is 1. The fourth-order valence-electron chi connectivity index (χ4n) is 3.45. The van der Waals surface area contributed by atoms with E-state index in [0.29, 0.717) is 27.4 Å². The highest BCUT2D eigenvalue weighted by Crippen LogP contribution is 2.35. The van der Waals surface area contributed by atoms with Gasteiger partial charge in [0.25, 0.3) is 11.5 Å². The number of thiazole rings is 1. The zero-order chi connectivity index (χ0) is 19.3. The molecule has 0 aliphatic carbocycles. The van der Waals surface area contributed by atoms with Gasteiger partial charge in [0.15, 0.2) is 5.82 Å². The van der Waals surface area contributed by atoms with E-state index in [1.165, 1.54) is 15.9 Å². The highest BCUT2D eigenvalue weighted by Gasteiger charge is 2.33. The van der Waals surface area contributed by atoms with Crippen molar-refractivity contribution in [3.05, 3.63) is 69.2 Å². The Labute approximate surface area is 163 Å². The molecule has 1 aliphatic rings. The number of rotatable bonds is 3. The quantitative estimate of drug-likeness (QED) is 0.535. The van der Waals surface area contributed by atoms with Crippen LogP contribution in [0.5, 0.6) is 0 Å². The van der Waals surface area contributed by atoms with E-state index in [0.717, 1.165) is 23.2 Å². The fourth-order valence-corrected chi connectivity index (χ4v) is 4.45. The Morgan fingerprint density at radius 1 is 1.11 bits per heavy atom. The second-order valence-electron chi connectivity index (χ2n) is 6.46. The lowest BCUT2D eigenvalue weighted by Crippen LogP contribution is -2.32. The average molecular weight is 389 g/mol. The van der Waals surface area contributed by atoms with E-state index in [2.05, 4.69) is 15.1 Å². The Morgan fingerprint density at radius 2 is 1.96 bits per heavy atom. The van der Waals surface area contributed by atoms with Gasteiger partial charge in [-0.2, -0.15) is 9.50 Å². The van der Waals surface area contributed by atoms with E-state index < -0.39 is 0 Å². The van der Waals surface area contributed by atoms with Crippen LogP contribution in [0, 0.1) is 0 Å². The minimum Gasteiger partial charge on any atom is -0.308 e. The Hall–Kier alpha value is -3.39. The number of fused-ring (bicyclic) bond motifs is 2. The summed E-state index contributed by atoms with van der Waals surface area (Å²) in [5.41, 5.74) is 2.49. The zero-order valence-corrected chi connectivity index (χ0v) is 15.8. The second-order valence-corrected chi connectivity index (χ2v) is 7.43. The molecule has 28 heavy (non-hydrogen) atoms. The van der Waals surface area contributed by atoms with Crippen LogP contribution in [0.1, 0.15) is 18.9 Å². The van der Waals surface area contributed by atoms with Gasteiger partial charge in [-0.25, -0.2) is 0 Å². The van der Waals surface area contributed by atoms with E-state index in [1.807, 2.05) is 37.3 Å². The van der Waals surface area contributed by atoms with Crippen LogP contribution in [0.4, 0.5) is 5.69 Å². The molecule has 0 radical (unpaired) electrons. The summed E-state index contributed by atoms with van der Waals surface area (Å²) in [5, 5.41) is 4.34. The molecule has 0 N–H and O–H groups in total. The number of para-hydroxylation sites is 1. The van der Waals surface area contributed by atoms with E-state index in [4.69, 9.17) is 0 Å². The molecule has 0 spiro atoms. The summed E-state index contributed by atoms with van der Waals surface area (Å²) in [4.78, 5) is 36.9. The third-order valence-electron chi connectivity index (χ3n) is 4.67. The first-order valence-electron chi connectivity index (χ1n) is 8.94. The maximum Gasteiger partial charge on any atom is 0.291 e. The molecule has 1 amide bonds. The minimum absolute atomic E-state index is 0.142. The molecule has 3 aromatic heterocycles. The van der Waals surface area contributed by atoms with Gasteiger partial charge >= 0.3 is 0 Å². The van der Waals surface area contributed by atoms with Gasteiger partial charge < -0.3 is 4.90 Å². The lowest BCUT2D eigenvalue weighted by molar-refractivity contribution is -0.113. The molecule has 7 nitrogen and oxygen atoms in total. The Morgan fingerprint density at radius 3 is 2.71 bits per heavy atom. The number of amides is 1. The predicted octanol–water partition coefficient (Wildman–Crippen LogP) is 1.89. The van der Waals surface area contributed by atoms with Crippen LogP contribution in [0.3, 0.4) is 0 Å². The number of aromatic nitrogens is 4. The highest BCUT2D eigenvalue weighted by atomic mass is 32.1. The van der Waals surface area contributed by atoms with Crippen molar-refractivity contribution in [2.45, 2.75) is 13.3 Å². The second kappa shape index (κ2) is 6.35. The summed E-state index contributed by atoms with van der Waals surface area (Å²) in [7, 11) is 0. The van der Waals surface area contributed by atoms with Gasteiger partial charge in [-0.3, -0.25) is 14.6 Å². The van der Waals surface area contributed by atoms with Crippen LogP contribution >= 0.6 is 11.3 Å². The molecule has 0 atom stereocenters. The van der Waals surface area contributed by atoms with E-state index in [1.54, 1.807) is 23.4 Å². The molecule has 0 unspecified atom stereocenters. The molecule has 0 bridgehead atoms. The van der Waals surface area contributed by atoms with Gasteiger partial charge in [-0.15, -0.1) is 5.10 Å². The first-order valence-corrected chi connectivity index (χ1v) is 9.76. The SMILES string of the molecule is CCCN1C(=O)/C(=c2\sc3nc(-c4cccnc4)nn3c2=O)c2ccccc21. The van der Waals surface area contributed by atoms with Gasteiger partial charge in [-0.1, -0.05) is 36.5 Å². The van der Waals surface area contributed by atoms with Gasteiger partial charge in [-0.05, 0) is 24.6 Å². The molecular weight excluding hydrogens is 374 g/mol. The summed E-state index contributed by atoms with van der Waals surface area (Å²) in [6, 6.07) is 11.2. The third kappa shape index (κ3) is 2.38. The van der Waals surface area contributed by atoms with Crippen molar-refractivity contribution in [2.24, 2.45) is 0 Å². The normalized spacial score (nSPS) is 15.5. The number of pyridine rings is 1. The Balaban J connectivity index is 1.74. The molecule has 4 heterocycles. The van der Waals surface area contributed by atoms with Crippen molar-refractivity contribution in [1.82, 2.24) is 19.6 Å². The van der Waals surface area contributed by atoms with Crippen molar-refractivity contribution in [2.75, 3.05) is 11.4 Å². The fraction of sp³-hybridized carbons (Fsp3) is 0.150. The van der Waals surface area contributed by atoms with Crippen LogP contribution in [-0.2, 0) is 4.79 Å². The molecule has 1 aliphatic heterocycles. The number of carbonyl (C=O) groups excluding carboxylic acids is 1. The summed E-state index contributed by atoms with van der Waals surface area (Å²) in [6.45, 7) is 2.63. The molecule has 0 saturated heterocycles. The first kappa shape index (κ1) is 16.8. The van der Waals surface area contributed by atoms with Gasteiger partial charge in [0, 0.05) is 30.1 Å². The zero-order valence-electron chi connectivity index (χ0n) is 15.0. The molecule has 5 rings (SSSR count). The Bertz CT molecular complexity index is 1330. The van der Waals surface area contributed by atoms with E-state index >= 15 is 0 Å². The standard InChI is InChI=1S/C20H15N5O2S/c1-2-10-24-14-8-4-3-7-13(14)15(18(24)26)16-19(27)25-20(28-16)22-17(23-25)12-6-5-9-21-11-12/h3-9,11H,2,10H2,1H3/b16-15-. The van der Waals surface area contributed by atoms with Crippen LogP contribution in [0.2, 0.25) is 0 Å². The maximum absolute atomic E-state index is 13.1. The summed E-state index contributed by atoms with van der Waals surface area (Å²) >= 11 is 1.20. The summed E-state index contributed by atoms with van der Waals surface area (Å²) < 4.78 is 1.65. The number of hydrogen-bond donors (Lipinski definition) is 0. The summed E-state index contributed by atoms with van der Waals surface area (Å²) in [6.07, 6.45) is 4.15. The van der Waals surface area contributed by atoms with Crippen LogP contribution in [0.25, 0.3) is 21.9 Å². The van der Waals surface area contributed by atoms with Crippen LogP contribution in [-0.4, -0.2) is 32.0 Å².